The summed E-state index contributed by atoms with van der Waals surface area (Å²) < 4.78 is 5.37. The molecule has 0 bridgehead atoms. The van der Waals surface area contributed by atoms with Crippen molar-refractivity contribution in [1.82, 2.24) is 4.90 Å². The fourth-order valence-electron chi connectivity index (χ4n) is 2.20. The van der Waals surface area contributed by atoms with E-state index in [2.05, 4.69) is 0 Å². The highest BCUT2D eigenvalue weighted by molar-refractivity contribution is 5.91. The third kappa shape index (κ3) is 4.10. The fraction of sp³-hybridized carbons (Fsp3) is 0.438. The maximum Gasteiger partial charge on any atom is 0.246 e. The summed E-state index contributed by atoms with van der Waals surface area (Å²) in [5.41, 5.74) is 0.971. The van der Waals surface area contributed by atoms with Crippen molar-refractivity contribution in [2.45, 2.75) is 25.9 Å². The third-order valence-corrected chi connectivity index (χ3v) is 3.39. The minimum Gasteiger partial charge on any atom is -0.494 e. The normalized spacial score (nSPS) is 16.6. The Morgan fingerprint density at radius 2 is 2.00 bits per heavy atom. The van der Waals surface area contributed by atoms with Gasteiger partial charge in [0.2, 0.25) is 5.91 Å². The first kappa shape index (κ1) is 14.6. The van der Waals surface area contributed by atoms with Crippen LogP contribution in [0.2, 0.25) is 0 Å². The van der Waals surface area contributed by atoms with Crippen LogP contribution in [0.25, 0.3) is 6.08 Å². The van der Waals surface area contributed by atoms with Gasteiger partial charge in [0.05, 0.1) is 12.7 Å². The number of ether oxygens (including phenoxy) is 1. The lowest BCUT2D eigenvalue weighted by atomic mass is 10.1. The van der Waals surface area contributed by atoms with Gasteiger partial charge < -0.3 is 14.7 Å². The summed E-state index contributed by atoms with van der Waals surface area (Å²) in [6, 6.07) is 7.64. The first-order valence-corrected chi connectivity index (χ1v) is 7.07. The molecule has 1 aromatic rings. The lowest BCUT2D eigenvalue weighted by Crippen LogP contribution is -2.39. The average Bonchev–Trinajstić information content (AvgIpc) is 2.47. The molecule has 0 radical (unpaired) electrons. The molecule has 0 saturated carbocycles. The maximum atomic E-state index is 12.0. The van der Waals surface area contributed by atoms with E-state index < -0.39 is 0 Å². The highest BCUT2D eigenvalue weighted by Gasteiger charge is 2.19. The van der Waals surface area contributed by atoms with Crippen molar-refractivity contribution < 1.29 is 14.6 Å². The SMILES string of the molecule is CCOc1ccc(/C=C/C(=O)N2CCC(O)CC2)cc1. The van der Waals surface area contributed by atoms with Crippen molar-refractivity contribution in [3.63, 3.8) is 0 Å². The van der Waals surface area contributed by atoms with E-state index in [0.717, 1.165) is 11.3 Å². The van der Waals surface area contributed by atoms with Gasteiger partial charge >= 0.3 is 0 Å². The lowest BCUT2D eigenvalue weighted by Gasteiger charge is -2.28. The number of likely N-dealkylation sites (tertiary alicyclic amines) is 1. The highest BCUT2D eigenvalue weighted by Crippen LogP contribution is 2.14. The molecular formula is C16H21NO3. The van der Waals surface area contributed by atoms with E-state index in [9.17, 15) is 9.90 Å². The first-order chi connectivity index (χ1) is 9.69. The highest BCUT2D eigenvalue weighted by atomic mass is 16.5. The van der Waals surface area contributed by atoms with Crippen molar-refractivity contribution in [3.8, 4) is 5.75 Å². The molecule has 4 heteroatoms. The van der Waals surface area contributed by atoms with E-state index in [4.69, 9.17) is 4.74 Å². The lowest BCUT2D eigenvalue weighted by molar-refractivity contribution is -0.127. The number of carbonyl (C=O) groups is 1. The van der Waals surface area contributed by atoms with Crippen LogP contribution in [0, 0.1) is 0 Å². The van der Waals surface area contributed by atoms with Crippen LogP contribution in [-0.4, -0.2) is 41.7 Å². The molecule has 0 spiro atoms. The third-order valence-electron chi connectivity index (χ3n) is 3.39. The molecule has 0 atom stereocenters. The van der Waals surface area contributed by atoms with Crippen LogP contribution in [-0.2, 0) is 4.79 Å². The topological polar surface area (TPSA) is 49.8 Å². The second-order valence-corrected chi connectivity index (χ2v) is 4.89. The molecule has 1 amide bonds. The minimum atomic E-state index is -0.255. The zero-order chi connectivity index (χ0) is 14.4. The summed E-state index contributed by atoms with van der Waals surface area (Å²) >= 11 is 0. The molecule has 1 aromatic carbocycles. The Kier molecular flexibility index (Phi) is 5.18. The largest absolute Gasteiger partial charge is 0.494 e. The van der Waals surface area contributed by atoms with Gasteiger partial charge in [-0.25, -0.2) is 0 Å². The number of aliphatic hydroxyl groups is 1. The van der Waals surface area contributed by atoms with Crippen LogP contribution in [0.4, 0.5) is 0 Å². The zero-order valence-corrected chi connectivity index (χ0v) is 11.8. The van der Waals surface area contributed by atoms with Gasteiger partial charge in [-0.1, -0.05) is 12.1 Å². The van der Waals surface area contributed by atoms with E-state index in [1.54, 1.807) is 11.0 Å². The summed E-state index contributed by atoms with van der Waals surface area (Å²) in [5.74, 6) is 0.840. The summed E-state index contributed by atoms with van der Waals surface area (Å²) in [6.45, 7) is 3.86. The average molecular weight is 275 g/mol. The minimum absolute atomic E-state index is 0.00536. The zero-order valence-electron chi connectivity index (χ0n) is 11.8. The van der Waals surface area contributed by atoms with Gasteiger partial charge in [0.1, 0.15) is 5.75 Å². The van der Waals surface area contributed by atoms with Crippen molar-refractivity contribution in [3.05, 3.63) is 35.9 Å². The molecule has 1 saturated heterocycles. The summed E-state index contributed by atoms with van der Waals surface area (Å²) in [7, 11) is 0. The first-order valence-electron chi connectivity index (χ1n) is 7.07. The number of aliphatic hydroxyl groups excluding tert-OH is 1. The number of hydrogen-bond donors (Lipinski definition) is 1. The van der Waals surface area contributed by atoms with Gasteiger partial charge in [-0.2, -0.15) is 0 Å². The maximum absolute atomic E-state index is 12.0. The van der Waals surface area contributed by atoms with Crippen molar-refractivity contribution >= 4 is 12.0 Å². The quantitative estimate of drug-likeness (QED) is 0.856. The van der Waals surface area contributed by atoms with Gasteiger partial charge in [0, 0.05) is 19.2 Å². The van der Waals surface area contributed by atoms with Crippen molar-refractivity contribution in [2.24, 2.45) is 0 Å². The number of hydrogen-bond acceptors (Lipinski definition) is 3. The van der Waals surface area contributed by atoms with Crippen LogP contribution in [0.3, 0.4) is 0 Å². The predicted octanol–water partition coefficient (Wildman–Crippen LogP) is 2.08. The van der Waals surface area contributed by atoms with Crippen LogP contribution in [0.1, 0.15) is 25.3 Å². The number of nitrogens with zero attached hydrogens (tertiary/aromatic N) is 1. The monoisotopic (exact) mass is 275 g/mol. The smallest absolute Gasteiger partial charge is 0.246 e. The number of carbonyl (C=O) groups excluding carboxylic acids is 1. The van der Waals surface area contributed by atoms with E-state index in [1.165, 1.54) is 0 Å². The Bertz CT molecular complexity index is 459. The van der Waals surface area contributed by atoms with Crippen LogP contribution in [0.15, 0.2) is 30.3 Å². The molecular weight excluding hydrogens is 254 g/mol. The number of rotatable bonds is 4. The fourth-order valence-corrected chi connectivity index (χ4v) is 2.20. The number of piperidine rings is 1. The van der Waals surface area contributed by atoms with Gasteiger partial charge in [-0.05, 0) is 43.5 Å². The molecule has 20 heavy (non-hydrogen) atoms. The van der Waals surface area contributed by atoms with Crippen molar-refractivity contribution in [2.75, 3.05) is 19.7 Å². The summed E-state index contributed by atoms with van der Waals surface area (Å²) in [6.07, 6.45) is 4.48. The second kappa shape index (κ2) is 7.10. The molecule has 1 heterocycles. The molecule has 0 aliphatic carbocycles. The van der Waals surface area contributed by atoms with E-state index >= 15 is 0 Å². The Labute approximate surface area is 119 Å². The second-order valence-electron chi connectivity index (χ2n) is 4.89. The number of amides is 1. The Morgan fingerprint density at radius 3 is 2.60 bits per heavy atom. The van der Waals surface area contributed by atoms with Crippen molar-refractivity contribution in [1.29, 1.82) is 0 Å². The summed E-state index contributed by atoms with van der Waals surface area (Å²) in [5, 5.41) is 9.42. The Morgan fingerprint density at radius 1 is 1.35 bits per heavy atom. The Balaban J connectivity index is 1.89. The molecule has 1 aliphatic heterocycles. The van der Waals surface area contributed by atoms with Gasteiger partial charge in [0.15, 0.2) is 0 Å². The van der Waals surface area contributed by atoms with Gasteiger partial charge in [0.25, 0.3) is 0 Å². The van der Waals surface area contributed by atoms with Crippen LogP contribution in [0.5, 0.6) is 5.75 Å². The molecule has 0 unspecified atom stereocenters. The molecule has 0 aromatic heterocycles. The molecule has 2 rings (SSSR count). The van der Waals surface area contributed by atoms with E-state index in [1.807, 2.05) is 37.3 Å². The predicted molar refractivity (Wildman–Crippen MR) is 78.5 cm³/mol. The molecule has 1 fully saturated rings. The summed E-state index contributed by atoms with van der Waals surface area (Å²) in [4.78, 5) is 13.8. The molecule has 1 N–H and O–H groups in total. The van der Waals surface area contributed by atoms with E-state index in [0.29, 0.717) is 32.5 Å². The molecule has 4 nitrogen and oxygen atoms in total. The number of benzene rings is 1. The molecule has 1 aliphatic rings. The van der Waals surface area contributed by atoms with Gasteiger partial charge in [-0.3, -0.25) is 4.79 Å². The molecule has 108 valence electrons. The van der Waals surface area contributed by atoms with Gasteiger partial charge in [-0.15, -0.1) is 0 Å². The Hall–Kier alpha value is -1.81. The van der Waals surface area contributed by atoms with Crippen LogP contribution < -0.4 is 4.74 Å². The standard InChI is InChI=1S/C16H21NO3/c1-2-20-15-6-3-13(4-7-15)5-8-16(19)17-11-9-14(18)10-12-17/h3-8,14,18H,2,9-12H2,1H3/b8-5+. The van der Waals surface area contributed by atoms with Crippen LogP contribution >= 0.6 is 0 Å². The van der Waals surface area contributed by atoms with E-state index in [-0.39, 0.29) is 12.0 Å².